The number of anilines is 1. The number of hydrogen-bond donors (Lipinski definition) is 1. The van der Waals surface area contributed by atoms with Gasteiger partial charge in [0, 0.05) is 25.2 Å². The van der Waals surface area contributed by atoms with Crippen molar-refractivity contribution in [2.45, 2.75) is 46.1 Å². The molecule has 0 radical (unpaired) electrons. The van der Waals surface area contributed by atoms with Gasteiger partial charge in [0.15, 0.2) is 0 Å². The standard InChI is InChI=1S/C21H24N4O4S2/c1-3-7-24-18(23-8-5-4-6-9-23)14(13(2)15(11-22)19(24)28)10-16-20(29)25(12-17(26)27)21(30)31-16/h10H,3-9,12H2,1-2H3,(H,26,27)/b16-10+. The third kappa shape index (κ3) is 4.52. The number of thioether (sulfide) groups is 1. The van der Waals surface area contributed by atoms with Crippen LogP contribution in [0.5, 0.6) is 0 Å². The molecule has 0 bridgehead atoms. The summed E-state index contributed by atoms with van der Waals surface area (Å²) in [6.07, 6.45) is 5.49. The van der Waals surface area contributed by atoms with Crippen molar-refractivity contribution in [1.82, 2.24) is 9.47 Å². The number of thiocarbonyl (C=S) groups is 1. The maximum atomic E-state index is 13.1. The molecule has 2 saturated heterocycles. The van der Waals surface area contributed by atoms with Gasteiger partial charge in [-0.3, -0.25) is 23.9 Å². The van der Waals surface area contributed by atoms with Gasteiger partial charge in [-0.2, -0.15) is 5.26 Å². The molecule has 0 aliphatic carbocycles. The Bertz CT molecular complexity index is 1060. The number of carboxylic acids is 1. The molecular formula is C21H24N4O4S2. The minimum Gasteiger partial charge on any atom is -0.480 e. The molecule has 2 aliphatic rings. The molecule has 8 nitrogen and oxygen atoms in total. The Kier molecular flexibility index (Phi) is 7.18. The first-order chi connectivity index (χ1) is 14.8. The van der Waals surface area contributed by atoms with Crippen molar-refractivity contribution in [1.29, 1.82) is 5.26 Å². The summed E-state index contributed by atoms with van der Waals surface area (Å²) in [5.41, 5.74) is 0.894. The molecule has 1 N–H and O–H groups in total. The highest BCUT2D eigenvalue weighted by Gasteiger charge is 2.34. The van der Waals surface area contributed by atoms with Crippen molar-refractivity contribution in [3.8, 4) is 6.07 Å². The van der Waals surface area contributed by atoms with Crippen LogP contribution < -0.4 is 10.5 Å². The highest BCUT2D eigenvalue weighted by molar-refractivity contribution is 8.26. The van der Waals surface area contributed by atoms with Crippen molar-refractivity contribution >= 4 is 52.1 Å². The van der Waals surface area contributed by atoms with Gasteiger partial charge in [-0.1, -0.05) is 30.9 Å². The van der Waals surface area contributed by atoms with E-state index in [0.29, 0.717) is 23.5 Å². The van der Waals surface area contributed by atoms with Crippen LogP contribution in [0.25, 0.3) is 6.08 Å². The van der Waals surface area contributed by atoms with E-state index in [9.17, 15) is 19.6 Å². The largest absolute Gasteiger partial charge is 0.480 e. The number of carboxylic acid groups (broad SMARTS) is 1. The van der Waals surface area contributed by atoms with Gasteiger partial charge in [0.1, 0.15) is 28.3 Å². The van der Waals surface area contributed by atoms with Gasteiger partial charge in [-0.15, -0.1) is 0 Å². The quantitative estimate of drug-likeness (QED) is 0.510. The van der Waals surface area contributed by atoms with Gasteiger partial charge in [-0.05, 0) is 44.2 Å². The lowest BCUT2D eigenvalue weighted by Crippen LogP contribution is -2.37. The molecule has 3 heterocycles. The Morgan fingerprint density at radius 2 is 1.97 bits per heavy atom. The van der Waals surface area contributed by atoms with E-state index in [1.54, 1.807) is 17.6 Å². The number of nitriles is 1. The number of carbonyl (C=O) groups excluding carboxylic acids is 1. The molecule has 0 saturated carbocycles. The van der Waals surface area contributed by atoms with Crippen molar-refractivity contribution in [2.24, 2.45) is 0 Å². The van der Waals surface area contributed by atoms with Gasteiger partial charge in [-0.25, -0.2) is 0 Å². The first-order valence-corrected chi connectivity index (χ1v) is 11.4. The number of amides is 1. The highest BCUT2D eigenvalue weighted by Crippen LogP contribution is 2.36. The molecule has 0 spiro atoms. The molecule has 2 aliphatic heterocycles. The third-order valence-electron chi connectivity index (χ3n) is 5.39. The van der Waals surface area contributed by atoms with Crippen molar-refractivity contribution in [3.05, 3.63) is 31.9 Å². The van der Waals surface area contributed by atoms with E-state index < -0.39 is 18.4 Å². The van der Waals surface area contributed by atoms with Gasteiger partial charge in [0.2, 0.25) is 0 Å². The first kappa shape index (κ1) is 23.0. The average molecular weight is 461 g/mol. The van der Waals surface area contributed by atoms with Crippen LogP contribution in [0.1, 0.15) is 49.3 Å². The Balaban J connectivity index is 2.22. The number of piperidine rings is 1. The van der Waals surface area contributed by atoms with Crippen LogP contribution in [0, 0.1) is 18.3 Å². The number of carbonyl (C=O) groups is 2. The summed E-state index contributed by atoms with van der Waals surface area (Å²) >= 11 is 6.24. The zero-order valence-electron chi connectivity index (χ0n) is 17.5. The van der Waals surface area contributed by atoms with E-state index in [1.165, 1.54) is 0 Å². The summed E-state index contributed by atoms with van der Waals surface area (Å²) in [5, 5.41) is 18.7. The normalized spacial score (nSPS) is 18.0. The molecule has 0 unspecified atom stereocenters. The lowest BCUT2D eigenvalue weighted by atomic mass is 10.0. The summed E-state index contributed by atoms with van der Waals surface area (Å²) in [6.45, 7) is 5.21. The van der Waals surface area contributed by atoms with E-state index in [-0.39, 0.29) is 20.3 Å². The number of aliphatic carboxylic acids is 1. The monoisotopic (exact) mass is 460 g/mol. The molecule has 0 atom stereocenters. The Labute approximate surface area is 190 Å². The van der Waals surface area contributed by atoms with E-state index in [2.05, 4.69) is 4.90 Å². The smallest absolute Gasteiger partial charge is 0.323 e. The average Bonchev–Trinajstić information content (AvgIpc) is 2.99. The second-order valence-electron chi connectivity index (χ2n) is 7.52. The summed E-state index contributed by atoms with van der Waals surface area (Å²) in [6, 6.07) is 2.03. The van der Waals surface area contributed by atoms with Gasteiger partial charge >= 0.3 is 5.97 Å². The fraction of sp³-hybridized carbons (Fsp3) is 0.476. The SMILES string of the molecule is CCCn1c(N2CCCCC2)c(/C=C2/SC(=S)N(CC(=O)O)C2=O)c(C)c(C#N)c1=O. The van der Waals surface area contributed by atoms with Gasteiger partial charge in [0.25, 0.3) is 11.5 Å². The second kappa shape index (κ2) is 9.66. The zero-order valence-corrected chi connectivity index (χ0v) is 19.1. The summed E-state index contributed by atoms with van der Waals surface area (Å²) in [7, 11) is 0. The van der Waals surface area contributed by atoms with Crippen LogP contribution in [0.2, 0.25) is 0 Å². The minimum absolute atomic E-state index is 0.0569. The van der Waals surface area contributed by atoms with Gasteiger partial charge in [0.05, 0.1) is 4.91 Å². The van der Waals surface area contributed by atoms with Crippen molar-refractivity contribution in [3.63, 3.8) is 0 Å². The van der Waals surface area contributed by atoms with E-state index in [1.807, 2.05) is 13.0 Å². The van der Waals surface area contributed by atoms with Gasteiger partial charge < -0.3 is 10.0 Å². The summed E-state index contributed by atoms with van der Waals surface area (Å²) in [5.74, 6) is -0.911. The van der Waals surface area contributed by atoms with Crippen molar-refractivity contribution < 1.29 is 14.7 Å². The topological polar surface area (TPSA) is 107 Å². The van der Waals surface area contributed by atoms with Crippen LogP contribution in [0.15, 0.2) is 9.70 Å². The number of aromatic nitrogens is 1. The lowest BCUT2D eigenvalue weighted by Gasteiger charge is -2.33. The maximum Gasteiger partial charge on any atom is 0.323 e. The van der Waals surface area contributed by atoms with Crippen LogP contribution in [0.4, 0.5) is 5.82 Å². The fourth-order valence-corrected chi connectivity index (χ4v) is 5.16. The van der Waals surface area contributed by atoms with E-state index in [0.717, 1.165) is 55.4 Å². The molecule has 1 amide bonds. The Hall–Kier alpha value is -2.64. The fourth-order valence-electron chi connectivity index (χ4n) is 3.92. The molecule has 0 aromatic carbocycles. The van der Waals surface area contributed by atoms with Crippen LogP contribution in [-0.2, 0) is 16.1 Å². The molecule has 1 aromatic rings. The molecule has 31 heavy (non-hydrogen) atoms. The van der Waals surface area contributed by atoms with Crippen LogP contribution in [-0.4, -0.2) is 50.4 Å². The molecule has 10 heteroatoms. The maximum absolute atomic E-state index is 13.1. The number of pyridine rings is 1. The lowest BCUT2D eigenvalue weighted by molar-refractivity contribution is -0.140. The number of hydrogen-bond acceptors (Lipinski definition) is 7. The molecule has 164 valence electrons. The predicted molar refractivity (Wildman–Crippen MR) is 124 cm³/mol. The van der Waals surface area contributed by atoms with E-state index >= 15 is 0 Å². The molecule has 3 rings (SSSR count). The highest BCUT2D eigenvalue weighted by atomic mass is 32.2. The van der Waals surface area contributed by atoms with E-state index in [4.69, 9.17) is 17.3 Å². The zero-order chi connectivity index (χ0) is 22.7. The predicted octanol–water partition coefficient (Wildman–Crippen LogP) is 2.71. The minimum atomic E-state index is -1.15. The first-order valence-electron chi connectivity index (χ1n) is 10.2. The Morgan fingerprint density at radius 3 is 2.55 bits per heavy atom. The van der Waals surface area contributed by atoms with Crippen LogP contribution in [0.3, 0.4) is 0 Å². The molecule has 1 aromatic heterocycles. The second-order valence-corrected chi connectivity index (χ2v) is 9.19. The third-order valence-corrected chi connectivity index (χ3v) is 6.77. The summed E-state index contributed by atoms with van der Waals surface area (Å²) in [4.78, 5) is 40.5. The summed E-state index contributed by atoms with van der Waals surface area (Å²) < 4.78 is 1.82. The number of nitrogens with zero attached hydrogens (tertiary/aromatic N) is 4. The van der Waals surface area contributed by atoms with Crippen LogP contribution >= 0.6 is 24.0 Å². The molecular weight excluding hydrogens is 436 g/mol. The Morgan fingerprint density at radius 1 is 1.29 bits per heavy atom. The molecule has 2 fully saturated rings. The number of rotatable bonds is 6. The van der Waals surface area contributed by atoms with Crippen molar-refractivity contribution in [2.75, 3.05) is 24.5 Å².